The van der Waals surface area contributed by atoms with Gasteiger partial charge in [-0.2, -0.15) is 0 Å². The highest BCUT2D eigenvalue weighted by molar-refractivity contribution is 5.89. The number of aromatic nitrogens is 3. The van der Waals surface area contributed by atoms with Crippen LogP contribution in [0.25, 0.3) is 11.5 Å². The molecule has 0 saturated carbocycles. The standard InChI is InChI=1S/C22H24N6O5/c1-2-32-22(29)17-6-9-19(23-14-17)27-11-3-10-26(12-13-27)15-20-24-25-21(33-20)16-4-7-18(8-5-16)28(30)31/h4-9,14H,2-3,10-13,15H2,1H3. The molecule has 1 aromatic carbocycles. The third-order valence-corrected chi connectivity index (χ3v) is 5.32. The lowest BCUT2D eigenvalue weighted by atomic mass is 10.2. The maximum absolute atomic E-state index is 11.8. The van der Waals surface area contributed by atoms with Crippen LogP contribution in [0, 0.1) is 10.1 Å². The average molecular weight is 452 g/mol. The van der Waals surface area contributed by atoms with Gasteiger partial charge >= 0.3 is 5.97 Å². The molecular formula is C22H24N6O5. The van der Waals surface area contributed by atoms with Crippen molar-refractivity contribution in [2.45, 2.75) is 19.9 Å². The minimum atomic E-state index is -0.448. The first-order chi connectivity index (χ1) is 16.0. The number of ether oxygens (including phenoxy) is 1. The summed E-state index contributed by atoms with van der Waals surface area (Å²) in [4.78, 5) is 31.0. The highest BCUT2D eigenvalue weighted by Crippen LogP contribution is 2.22. The predicted molar refractivity (Wildman–Crippen MR) is 119 cm³/mol. The first-order valence-corrected chi connectivity index (χ1v) is 10.7. The molecular weight excluding hydrogens is 428 g/mol. The van der Waals surface area contributed by atoms with Crippen LogP contribution >= 0.6 is 0 Å². The second kappa shape index (κ2) is 10.2. The van der Waals surface area contributed by atoms with Gasteiger partial charge in [-0.1, -0.05) is 0 Å². The molecule has 3 aromatic rings. The Labute approximate surface area is 190 Å². The number of carbonyl (C=O) groups excluding carboxylic acids is 1. The number of nitro groups is 1. The van der Waals surface area contributed by atoms with Gasteiger partial charge in [0.1, 0.15) is 5.82 Å². The second-order valence-electron chi connectivity index (χ2n) is 7.55. The van der Waals surface area contributed by atoms with E-state index in [1.54, 1.807) is 31.3 Å². The molecule has 0 amide bonds. The van der Waals surface area contributed by atoms with Crippen LogP contribution in [0.2, 0.25) is 0 Å². The zero-order chi connectivity index (χ0) is 23.2. The molecule has 3 heterocycles. The van der Waals surface area contributed by atoms with E-state index in [0.29, 0.717) is 36.1 Å². The van der Waals surface area contributed by atoms with Crippen molar-refractivity contribution >= 4 is 17.5 Å². The van der Waals surface area contributed by atoms with Crippen LogP contribution in [0.5, 0.6) is 0 Å². The average Bonchev–Trinajstić information content (AvgIpc) is 3.17. The summed E-state index contributed by atoms with van der Waals surface area (Å²) in [6.45, 7) is 5.90. The van der Waals surface area contributed by atoms with Gasteiger partial charge in [0, 0.05) is 50.1 Å². The fourth-order valence-electron chi connectivity index (χ4n) is 3.62. The van der Waals surface area contributed by atoms with Gasteiger partial charge in [-0.25, -0.2) is 9.78 Å². The third-order valence-electron chi connectivity index (χ3n) is 5.32. The summed E-state index contributed by atoms with van der Waals surface area (Å²) in [6.07, 6.45) is 2.48. The van der Waals surface area contributed by atoms with Gasteiger partial charge in [0.25, 0.3) is 5.69 Å². The van der Waals surface area contributed by atoms with Crippen molar-refractivity contribution in [3.63, 3.8) is 0 Å². The molecule has 172 valence electrons. The van der Waals surface area contributed by atoms with Crippen molar-refractivity contribution in [1.82, 2.24) is 20.1 Å². The van der Waals surface area contributed by atoms with E-state index in [9.17, 15) is 14.9 Å². The molecule has 1 aliphatic rings. The molecule has 1 saturated heterocycles. The van der Waals surface area contributed by atoms with Crippen molar-refractivity contribution < 1.29 is 18.9 Å². The van der Waals surface area contributed by atoms with Gasteiger partial charge in [0.15, 0.2) is 0 Å². The summed E-state index contributed by atoms with van der Waals surface area (Å²) in [7, 11) is 0. The van der Waals surface area contributed by atoms with Crippen molar-refractivity contribution in [2.75, 3.05) is 37.7 Å². The maximum Gasteiger partial charge on any atom is 0.339 e. The zero-order valence-corrected chi connectivity index (χ0v) is 18.2. The summed E-state index contributed by atoms with van der Waals surface area (Å²) >= 11 is 0. The SMILES string of the molecule is CCOC(=O)c1ccc(N2CCCN(Cc3nnc(-c4ccc([N+](=O)[O-])cc4)o3)CC2)nc1. The van der Waals surface area contributed by atoms with Crippen molar-refractivity contribution in [3.05, 3.63) is 64.2 Å². The van der Waals surface area contributed by atoms with Crippen LogP contribution in [-0.2, 0) is 11.3 Å². The molecule has 0 N–H and O–H groups in total. The first kappa shape index (κ1) is 22.3. The Morgan fingerprint density at radius 3 is 2.64 bits per heavy atom. The van der Waals surface area contributed by atoms with Crippen LogP contribution < -0.4 is 4.90 Å². The number of hydrogen-bond acceptors (Lipinski definition) is 10. The molecule has 1 aliphatic heterocycles. The predicted octanol–water partition coefficient (Wildman–Crippen LogP) is 2.93. The van der Waals surface area contributed by atoms with Crippen molar-refractivity contribution in [1.29, 1.82) is 0 Å². The highest BCUT2D eigenvalue weighted by atomic mass is 16.6. The molecule has 33 heavy (non-hydrogen) atoms. The van der Waals surface area contributed by atoms with Crippen LogP contribution in [0.15, 0.2) is 47.0 Å². The van der Waals surface area contributed by atoms with Gasteiger partial charge in [-0.3, -0.25) is 15.0 Å². The van der Waals surface area contributed by atoms with E-state index < -0.39 is 4.92 Å². The normalized spacial score (nSPS) is 14.6. The minimum absolute atomic E-state index is 0.0117. The number of nitro benzene ring substituents is 1. The largest absolute Gasteiger partial charge is 0.462 e. The molecule has 0 unspecified atom stereocenters. The Morgan fingerprint density at radius 2 is 1.94 bits per heavy atom. The summed E-state index contributed by atoms with van der Waals surface area (Å²) in [5, 5.41) is 19.0. The second-order valence-corrected chi connectivity index (χ2v) is 7.55. The van der Waals surface area contributed by atoms with Gasteiger partial charge in [-0.15, -0.1) is 10.2 Å². The first-order valence-electron chi connectivity index (χ1n) is 10.7. The van der Waals surface area contributed by atoms with Crippen LogP contribution in [0.4, 0.5) is 11.5 Å². The quantitative estimate of drug-likeness (QED) is 0.300. The van der Waals surface area contributed by atoms with Crippen molar-refractivity contribution in [2.24, 2.45) is 0 Å². The van der Waals surface area contributed by atoms with E-state index in [-0.39, 0.29) is 11.7 Å². The van der Waals surface area contributed by atoms with Gasteiger partial charge in [-0.05, 0) is 37.6 Å². The molecule has 4 rings (SSSR count). The summed E-state index contributed by atoms with van der Waals surface area (Å²) < 4.78 is 10.8. The number of pyridine rings is 1. The fraction of sp³-hybridized carbons (Fsp3) is 0.364. The van der Waals surface area contributed by atoms with E-state index in [1.807, 2.05) is 6.07 Å². The maximum atomic E-state index is 11.8. The summed E-state index contributed by atoms with van der Waals surface area (Å²) in [5.41, 5.74) is 1.09. The van der Waals surface area contributed by atoms with E-state index in [0.717, 1.165) is 38.4 Å². The van der Waals surface area contributed by atoms with Gasteiger partial charge in [0.05, 0.1) is 23.6 Å². The number of non-ortho nitro benzene ring substituents is 1. The Balaban J connectivity index is 1.34. The number of benzene rings is 1. The Morgan fingerprint density at radius 1 is 1.12 bits per heavy atom. The number of anilines is 1. The Kier molecular flexibility index (Phi) is 6.89. The number of hydrogen-bond donors (Lipinski definition) is 0. The Hall–Kier alpha value is -3.86. The molecule has 0 radical (unpaired) electrons. The molecule has 0 bridgehead atoms. The monoisotopic (exact) mass is 452 g/mol. The van der Waals surface area contributed by atoms with Crippen LogP contribution in [-0.4, -0.2) is 63.8 Å². The number of esters is 1. The Bertz CT molecular complexity index is 1100. The number of nitrogens with zero attached hydrogens (tertiary/aromatic N) is 6. The van der Waals surface area contributed by atoms with E-state index in [1.165, 1.54) is 12.1 Å². The van der Waals surface area contributed by atoms with E-state index in [4.69, 9.17) is 9.15 Å². The third kappa shape index (κ3) is 5.50. The minimum Gasteiger partial charge on any atom is -0.462 e. The smallest absolute Gasteiger partial charge is 0.339 e. The fourth-order valence-corrected chi connectivity index (χ4v) is 3.62. The lowest BCUT2D eigenvalue weighted by Crippen LogP contribution is -2.31. The van der Waals surface area contributed by atoms with Crippen molar-refractivity contribution in [3.8, 4) is 11.5 Å². The summed E-state index contributed by atoms with van der Waals surface area (Å²) in [6, 6.07) is 9.60. The molecule has 0 atom stereocenters. The molecule has 11 nitrogen and oxygen atoms in total. The molecule has 11 heteroatoms. The lowest BCUT2D eigenvalue weighted by molar-refractivity contribution is -0.384. The number of rotatable bonds is 7. The van der Waals surface area contributed by atoms with Crippen LogP contribution in [0.3, 0.4) is 0 Å². The summed E-state index contributed by atoms with van der Waals surface area (Å²) in [5.74, 6) is 1.28. The number of carbonyl (C=O) groups is 1. The van der Waals surface area contributed by atoms with Gasteiger partial charge in [0.2, 0.25) is 11.8 Å². The van der Waals surface area contributed by atoms with Gasteiger partial charge < -0.3 is 14.1 Å². The lowest BCUT2D eigenvalue weighted by Gasteiger charge is -2.22. The molecule has 0 aliphatic carbocycles. The molecule has 0 spiro atoms. The van der Waals surface area contributed by atoms with E-state index >= 15 is 0 Å². The molecule has 1 fully saturated rings. The molecule has 2 aromatic heterocycles. The van der Waals surface area contributed by atoms with Crippen LogP contribution in [0.1, 0.15) is 29.6 Å². The highest BCUT2D eigenvalue weighted by Gasteiger charge is 2.19. The topological polar surface area (TPSA) is 128 Å². The zero-order valence-electron chi connectivity index (χ0n) is 18.2. The van der Waals surface area contributed by atoms with E-state index in [2.05, 4.69) is 25.0 Å².